The number of azide groups is 1. The van der Waals surface area contributed by atoms with Crippen LogP contribution in [0.3, 0.4) is 0 Å². The van der Waals surface area contributed by atoms with Crippen molar-refractivity contribution in [3.63, 3.8) is 0 Å². The van der Waals surface area contributed by atoms with Gasteiger partial charge in [0.15, 0.2) is 0 Å². The Kier molecular flexibility index (Phi) is 3.84. The van der Waals surface area contributed by atoms with E-state index in [1.807, 2.05) is 42.5 Å². The Morgan fingerprint density at radius 3 is 2.78 bits per heavy atom. The first-order valence-electron chi connectivity index (χ1n) is 5.77. The molecule has 0 fully saturated rings. The molecule has 0 atom stereocenters. The van der Waals surface area contributed by atoms with E-state index in [2.05, 4.69) is 16.1 Å². The maximum Gasteiger partial charge on any atom is 0.0393 e. The average molecular weight is 238 g/mol. The van der Waals surface area contributed by atoms with E-state index in [-0.39, 0.29) is 0 Å². The van der Waals surface area contributed by atoms with Crippen LogP contribution in [0.2, 0.25) is 0 Å². The minimum Gasteiger partial charge on any atom is -0.398 e. The lowest BCUT2D eigenvalue weighted by Crippen LogP contribution is -1.87. The number of fused-ring (bicyclic) bond motifs is 1. The zero-order valence-electron chi connectivity index (χ0n) is 9.95. The smallest absolute Gasteiger partial charge is 0.0393 e. The number of anilines is 1. The molecule has 0 spiro atoms. The number of rotatable bonds is 4. The Morgan fingerprint density at radius 1 is 1.17 bits per heavy atom. The standard InChI is InChI=1S/C14H14N4/c15-14-9-4-7-12-11(6-3-8-13(12)14)5-1-2-10-17-18-16/h1,3-9H,2,10,15H2. The summed E-state index contributed by atoms with van der Waals surface area (Å²) in [4.78, 5) is 2.72. The third-order valence-corrected chi connectivity index (χ3v) is 2.75. The van der Waals surface area contributed by atoms with Crippen LogP contribution in [0.25, 0.3) is 27.3 Å². The highest BCUT2D eigenvalue weighted by atomic mass is 15.1. The molecule has 18 heavy (non-hydrogen) atoms. The van der Waals surface area contributed by atoms with Gasteiger partial charge < -0.3 is 5.73 Å². The SMILES string of the molecule is [N-]=[N+]=NCCC=Cc1cccc2c(N)cccc12. The van der Waals surface area contributed by atoms with Crippen molar-refractivity contribution in [1.82, 2.24) is 0 Å². The fourth-order valence-electron chi connectivity index (χ4n) is 1.89. The van der Waals surface area contributed by atoms with Crippen molar-refractivity contribution >= 4 is 22.5 Å². The first-order chi connectivity index (χ1) is 8.83. The second kappa shape index (κ2) is 5.75. The van der Waals surface area contributed by atoms with E-state index in [4.69, 9.17) is 11.3 Å². The lowest BCUT2D eigenvalue weighted by Gasteiger charge is -2.04. The molecule has 0 bridgehead atoms. The Bertz CT molecular complexity index is 625. The maximum atomic E-state index is 8.17. The number of hydrogen-bond donors (Lipinski definition) is 1. The molecule has 0 unspecified atom stereocenters. The zero-order chi connectivity index (χ0) is 12.8. The average Bonchev–Trinajstić information content (AvgIpc) is 2.39. The van der Waals surface area contributed by atoms with Crippen LogP contribution in [0.1, 0.15) is 12.0 Å². The van der Waals surface area contributed by atoms with Gasteiger partial charge in [-0.25, -0.2) is 0 Å². The molecule has 0 aliphatic rings. The fourth-order valence-corrected chi connectivity index (χ4v) is 1.89. The van der Waals surface area contributed by atoms with Gasteiger partial charge >= 0.3 is 0 Å². The highest BCUT2D eigenvalue weighted by Gasteiger charge is 1.99. The summed E-state index contributed by atoms with van der Waals surface area (Å²) in [5.74, 6) is 0. The second-order valence-corrected chi connectivity index (χ2v) is 3.94. The van der Waals surface area contributed by atoms with Gasteiger partial charge in [-0.05, 0) is 29.0 Å². The van der Waals surface area contributed by atoms with Crippen molar-refractivity contribution in [3.05, 3.63) is 58.5 Å². The second-order valence-electron chi connectivity index (χ2n) is 3.94. The Hall–Kier alpha value is -2.45. The summed E-state index contributed by atoms with van der Waals surface area (Å²) >= 11 is 0. The molecule has 2 rings (SSSR count). The Labute approximate surface area is 105 Å². The summed E-state index contributed by atoms with van der Waals surface area (Å²) in [6.45, 7) is 0.486. The lowest BCUT2D eigenvalue weighted by atomic mass is 10.0. The van der Waals surface area contributed by atoms with Crippen molar-refractivity contribution in [2.24, 2.45) is 5.11 Å². The number of benzene rings is 2. The Balaban J connectivity index is 2.28. The van der Waals surface area contributed by atoms with Crippen LogP contribution in [-0.4, -0.2) is 6.54 Å². The highest BCUT2D eigenvalue weighted by molar-refractivity contribution is 5.97. The van der Waals surface area contributed by atoms with Crippen LogP contribution in [0.15, 0.2) is 47.6 Å². The fraction of sp³-hybridized carbons (Fsp3) is 0.143. The van der Waals surface area contributed by atoms with Gasteiger partial charge in [0, 0.05) is 22.5 Å². The van der Waals surface area contributed by atoms with Crippen molar-refractivity contribution in [2.45, 2.75) is 6.42 Å². The normalized spacial score (nSPS) is 10.7. The highest BCUT2D eigenvalue weighted by Crippen LogP contribution is 2.24. The monoisotopic (exact) mass is 238 g/mol. The van der Waals surface area contributed by atoms with Gasteiger partial charge in [-0.2, -0.15) is 0 Å². The van der Waals surface area contributed by atoms with Crippen molar-refractivity contribution in [2.75, 3.05) is 12.3 Å². The molecule has 4 heteroatoms. The van der Waals surface area contributed by atoms with E-state index in [1.54, 1.807) is 0 Å². The van der Waals surface area contributed by atoms with Crippen LogP contribution < -0.4 is 5.73 Å². The molecule has 0 aliphatic carbocycles. The number of nitrogens with two attached hydrogens (primary N) is 1. The van der Waals surface area contributed by atoms with Crippen LogP contribution in [-0.2, 0) is 0 Å². The molecule has 4 nitrogen and oxygen atoms in total. The lowest BCUT2D eigenvalue weighted by molar-refractivity contribution is 0.996. The van der Waals surface area contributed by atoms with Crippen LogP contribution in [0.5, 0.6) is 0 Å². The third-order valence-electron chi connectivity index (χ3n) is 2.75. The predicted molar refractivity (Wildman–Crippen MR) is 76.0 cm³/mol. The van der Waals surface area contributed by atoms with E-state index >= 15 is 0 Å². The molecular weight excluding hydrogens is 224 g/mol. The largest absolute Gasteiger partial charge is 0.398 e. The van der Waals surface area contributed by atoms with Crippen molar-refractivity contribution in [3.8, 4) is 0 Å². The van der Waals surface area contributed by atoms with E-state index in [9.17, 15) is 0 Å². The Morgan fingerprint density at radius 2 is 1.94 bits per heavy atom. The molecular formula is C14H14N4. The minimum absolute atomic E-state index is 0.486. The van der Waals surface area contributed by atoms with Gasteiger partial charge in [0.25, 0.3) is 0 Å². The molecule has 0 aliphatic heterocycles. The zero-order valence-corrected chi connectivity index (χ0v) is 9.95. The van der Waals surface area contributed by atoms with Gasteiger partial charge in [0.05, 0.1) is 0 Å². The van der Waals surface area contributed by atoms with Crippen molar-refractivity contribution in [1.29, 1.82) is 0 Å². The van der Waals surface area contributed by atoms with Crippen LogP contribution in [0, 0.1) is 0 Å². The topological polar surface area (TPSA) is 74.8 Å². The van der Waals surface area contributed by atoms with Gasteiger partial charge in [0.1, 0.15) is 0 Å². The summed E-state index contributed by atoms with van der Waals surface area (Å²) in [5.41, 5.74) is 16.0. The molecule has 0 radical (unpaired) electrons. The molecule has 0 saturated heterocycles. The van der Waals surface area contributed by atoms with E-state index in [0.717, 1.165) is 28.4 Å². The number of nitrogen functional groups attached to an aromatic ring is 1. The first kappa shape index (κ1) is 12.0. The van der Waals surface area contributed by atoms with Crippen LogP contribution in [0.4, 0.5) is 5.69 Å². The van der Waals surface area contributed by atoms with Gasteiger partial charge in [0.2, 0.25) is 0 Å². The molecule has 0 saturated carbocycles. The minimum atomic E-state index is 0.486. The van der Waals surface area contributed by atoms with Gasteiger partial charge in [-0.1, -0.05) is 47.6 Å². The summed E-state index contributed by atoms with van der Waals surface area (Å²) in [6.07, 6.45) is 4.78. The molecule has 2 N–H and O–H groups in total. The summed E-state index contributed by atoms with van der Waals surface area (Å²) in [7, 11) is 0. The molecule has 90 valence electrons. The predicted octanol–water partition coefficient (Wildman–Crippen LogP) is 4.14. The van der Waals surface area contributed by atoms with Gasteiger partial charge in [-0.3, -0.25) is 0 Å². The molecule has 2 aromatic carbocycles. The van der Waals surface area contributed by atoms with Crippen molar-refractivity contribution < 1.29 is 0 Å². The van der Waals surface area contributed by atoms with E-state index < -0.39 is 0 Å². The number of nitrogens with zero attached hydrogens (tertiary/aromatic N) is 3. The quantitative estimate of drug-likeness (QED) is 0.281. The molecule has 0 heterocycles. The van der Waals surface area contributed by atoms with Gasteiger partial charge in [-0.15, -0.1) is 0 Å². The molecule has 2 aromatic rings. The molecule has 0 amide bonds. The summed E-state index contributed by atoms with van der Waals surface area (Å²) in [6, 6.07) is 12.0. The number of hydrogen-bond acceptors (Lipinski definition) is 2. The maximum absolute atomic E-state index is 8.17. The molecule has 0 aromatic heterocycles. The van der Waals surface area contributed by atoms with E-state index in [0.29, 0.717) is 6.54 Å². The first-order valence-corrected chi connectivity index (χ1v) is 5.77. The van der Waals surface area contributed by atoms with Crippen LogP contribution >= 0.6 is 0 Å². The summed E-state index contributed by atoms with van der Waals surface area (Å²) < 4.78 is 0. The third kappa shape index (κ3) is 2.62. The van der Waals surface area contributed by atoms with E-state index in [1.165, 1.54) is 0 Å². The summed E-state index contributed by atoms with van der Waals surface area (Å²) in [5, 5.41) is 5.69.